The van der Waals surface area contributed by atoms with Gasteiger partial charge < -0.3 is 10.2 Å². The molecule has 0 atom stereocenters. The fraction of sp³-hybridized carbons (Fsp3) is 0.438. The highest BCUT2D eigenvalue weighted by Crippen LogP contribution is 2.27. The van der Waals surface area contributed by atoms with Gasteiger partial charge in [0.05, 0.1) is 10.7 Å². The monoisotopic (exact) mass is 289 g/mol. The van der Waals surface area contributed by atoms with Crippen LogP contribution in [0.1, 0.15) is 9.88 Å². The molecule has 0 bridgehead atoms. The van der Waals surface area contributed by atoms with E-state index in [1.54, 1.807) is 0 Å². The van der Waals surface area contributed by atoms with E-state index in [2.05, 4.69) is 55.5 Å². The maximum atomic E-state index is 4.78. The van der Waals surface area contributed by atoms with Crippen LogP contribution in [0.25, 0.3) is 11.3 Å². The first kappa shape index (κ1) is 15.2. The molecule has 0 aliphatic rings. The first-order valence-corrected chi connectivity index (χ1v) is 7.85. The molecule has 4 heteroatoms. The normalized spacial score (nSPS) is 11.2. The SMILES string of the molecule is Cc1sc(CCNCCN(C)C)nc1-c1ccccc1. The third kappa shape index (κ3) is 4.40. The van der Waals surface area contributed by atoms with Crippen LogP contribution in [0.5, 0.6) is 0 Å². The number of hydrogen-bond acceptors (Lipinski definition) is 4. The van der Waals surface area contributed by atoms with Gasteiger partial charge in [-0.25, -0.2) is 4.98 Å². The summed E-state index contributed by atoms with van der Waals surface area (Å²) >= 11 is 1.81. The number of thiazole rings is 1. The van der Waals surface area contributed by atoms with Crippen LogP contribution < -0.4 is 5.32 Å². The summed E-state index contributed by atoms with van der Waals surface area (Å²) in [4.78, 5) is 8.27. The van der Waals surface area contributed by atoms with Crippen LogP contribution >= 0.6 is 11.3 Å². The van der Waals surface area contributed by atoms with Crippen LogP contribution in [-0.2, 0) is 6.42 Å². The maximum absolute atomic E-state index is 4.78. The molecule has 108 valence electrons. The number of benzene rings is 1. The average Bonchev–Trinajstić information content (AvgIpc) is 2.80. The van der Waals surface area contributed by atoms with Gasteiger partial charge in [0.15, 0.2) is 0 Å². The minimum Gasteiger partial charge on any atom is -0.315 e. The molecule has 3 nitrogen and oxygen atoms in total. The summed E-state index contributed by atoms with van der Waals surface area (Å²) in [6.07, 6.45) is 1.01. The number of aromatic nitrogens is 1. The maximum Gasteiger partial charge on any atom is 0.0948 e. The Morgan fingerprint density at radius 1 is 1.15 bits per heavy atom. The molecule has 1 N–H and O–H groups in total. The lowest BCUT2D eigenvalue weighted by atomic mass is 10.1. The van der Waals surface area contributed by atoms with E-state index in [1.807, 2.05) is 17.4 Å². The molecule has 0 spiro atoms. The zero-order valence-corrected chi connectivity index (χ0v) is 13.3. The van der Waals surface area contributed by atoms with E-state index in [4.69, 9.17) is 4.98 Å². The summed E-state index contributed by atoms with van der Waals surface area (Å²) in [6, 6.07) is 10.4. The highest BCUT2D eigenvalue weighted by atomic mass is 32.1. The van der Waals surface area contributed by atoms with E-state index < -0.39 is 0 Å². The van der Waals surface area contributed by atoms with E-state index in [1.165, 1.54) is 15.4 Å². The minimum atomic E-state index is 0.995. The molecule has 0 aliphatic carbocycles. The van der Waals surface area contributed by atoms with E-state index >= 15 is 0 Å². The second kappa shape index (κ2) is 7.53. The predicted octanol–water partition coefficient (Wildman–Crippen LogP) is 2.81. The standard InChI is InChI=1S/C16H23N3S/c1-13-16(14-7-5-4-6-8-14)18-15(20-13)9-10-17-11-12-19(2)3/h4-8,17H,9-12H2,1-3H3. The summed E-state index contributed by atoms with van der Waals surface area (Å²) in [5.74, 6) is 0. The largest absolute Gasteiger partial charge is 0.315 e. The van der Waals surface area contributed by atoms with E-state index in [9.17, 15) is 0 Å². The van der Waals surface area contributed by atoms with Crippen molar-refractivity contribution in [1.82, 2.24) is 15.2 Å². The lowest BCUT2D eigenvalue weighted by Crippen LogP contribution is -2.27. The van der Waals surface area contributed by atoms with Crippen molar-refractivity contribution in [2.24, 2.45) is 0 Å². The van der Waals surface area contributed by atoms with Gasteiger partial charge in [-0.05, 0) is 21.0 Å². The summed E-state index contributed by atoms with van der Waals surface area (Å²) in [5.41, 5.74) is 2.35. The lowest BCUT2D eigenvalue weighted by Gasteiger charge is -2.09. The Morgan fingerprint density at radius 2 is 1.90 bits per heavy atom. The van der Waals surface area contributed by atoms with Crippen molar-refractivity contribution in [3.63, 3.8) is 0 Å². The van der Waals surface area contributed by atoms with Gasteiger partial charge in [-0.2, -0.15) is 0 Å². The summed E-state index contributed by atoms with van der Waals surface area (Å²) in [7, 11) is 4.19. The fourth-order valence-electron chi connectivity index (χ4n) is 2.05. The van der Waals surface area contributed by atoms with Gasteiger partial charge in [0, 0.05) is 36.5 Å². The number of rotatable bonds is 7. The van der Waals surface area contributed by atoms with E-state index in [-0.39, 0.29) is 0 Å². The quantitative estimate of drug-likeness (QED) is 0.795. The Bertz CT molecular complexity index is 520. The third-order valence-electron chi connectivity index (χ3n) is 3.14. The van der Waals surface area contributed by atoms with E-state index in [0.29, 0.717) is 0 Å². The van der Waals surface area contributed by atoms with Crippen molar-refractivity contribution in [3.05, 3.63) is 40.2 Å². The third-order valence-corrected chi connectivity index (χ3v) is 4.17. The topological polar surface area (TPSA) is 28.2 Å². The van der Waals surface area contributed by atoms with Crippen molar-refractivity contribution >= 4 is 11.3 Å². The van der Waals surface area contributed by atoms with Crippen LogP contribution in [0.4, 0.5) is 0 Å². The summed E-state index contributed by atoms with van der Waals surface area (Å²) < 4.78 is 0. The molecule has 1 aromatic heterocycles. The smallest absolute Gasteiger partial charge is 0.0948 e. The number of hydrogen-bond donors (Lipinski definition) is 1. The number of nitrogens with one attached hydrogen (secondary N) is 1. The zero-order valence-electron chi connectivity index (χ0n) is 12.5. The number of nitrogens with zero attached hydrogens (tertiary/aromatic N) is 2. The molecular weight excluding hydrogens is 266 g/mol. The molecule has 0 saturated carbocycles. The van der Waals surface area contributed by atoms with Gasteiger partial charge in [0.2, 0.25) is 0 Å². The minimum absolute atomic E-state index is 0.995. The highest BCUT2D eigenvalue weighted by Gasteiger charge is 2.08. The Labute approximate surface area is 125 Å². The second-order valence-electron chi connectivity index (χ2n) is 5.18. The Hall–Kier alpha value is -1.23. The molecule has 2 rings (SSSR count). The molecule has 0 radical (unpaired) electrons. The van der Waals surface area contributed by atoms with Crippen molar-refractivity contribution in [2.75, 3.05) is 33.7 Å². The predicted molar refractivity (Wildman–Crippen MR) is 87.4 cm³/mol. The fourth-order valence-corrected chi connectivity index (χ4v) is 3.00. The molecule has 0 unspecified atom stereocenters. The van der Waals surface area contributed by atoms with E-state index in [0.717, 1.165) is 31.7 Å². The van der Waals surface area contributed by atoms with Gasteiger partial charge in [-0.15, -0.1) is 11.3 Å². The van der Waals surface area contributed by atoms with Crippen LogP contribution in [0.15, 0.2) is 30.3 Å². The van der Waals surface area contributed by atoms with Crippen LogP contribution in [0, 0.1) is 6.92 Å². The Balaban J connectivity index is 1.88. The molecule has 0 aliphatic heterocycles. The molecule has 1 heterocycles. The van der Waals surface area contributed by atoms with Crippen LogP contribution in [-0.4, -0.2) is 43.6 Å². The molecule has 0 fully saturated rings. The Kier molecular flexibility index (Phi) is 5.71. The van der Waals surface area contributed by atoms with Gasteiger partial charge in [0.25, 0.3) is 0 Å². The van der Waals surface area contributed by atoms with Gasteiger partial charge in [0.1, 0.15) is 0 Å². The molecule has 0 amide bonds. The molecule has 1 aromatic carbocycles. The second-order valence-corrected chi connectivity index (χ2v) is 6.47. The zero-order chi connectivity index (χ0) is 14.4. The lowest BCUT2D eigenvalue weighted by molar-refractivity contribution is 0.401. The highest BCUT2D eigenvalue weighted by molar-refractivity contribution is 7.12. The van der Waals surface area contributed by atoms with Gasteiger partial charge in [-0.1, -0.05) is 30.3 Å². The van der Waals surface area contributed by atoms with Crippen LogP contribution in [0.2, 0.25) is 0 Å². The molecular formula is C16H23N3S. The summed E-state index contributed by atoms with van der Waals surface area (Å²) in [6.45, 7) is 5.26. The first-order valence-electron chi connectivity index (χ1n) is 7.04. The number of aryl methyl sites for hydroxylation is 1. The Morgan fingerprint density at radius 3 is 2.60 bits per heavy atom. The van der Waals surface area contributed by atoms with Crippen LogP contribution in [0.3, 0.4) is 0 Å². The molecule has 20 heavy (non-hydrogen) atoms. The van der Waals surface area contributed by atoms with Gasteiger partial charge >= 0.3 is 0 Å². The average molecular weight is 289 g/mol. The van der Waals surface area contributed by atoms with Crippen molar-refractivity contribution in [1.29, 1.82) is 0 Å². The first-order chi connectivity index (χ1) is 9.66. The van der Waals surface area contributed by atoms with Crippen molar-refractivity contribution < 1.29 is 0 Å². The number of likely N-dealkylation sites (N-methyl/N-ethyl adjacent to an activating group) is 1. The molecule has 2 aromatic rings. The molecule has 0 saturated heterocycles. The van der Waals surface area contributed by atoms with Crippen molar-refractivity contribution in [2.45, 2.75) is 13.3 Å². The summed E-state index contributed by atoms with van der Waals surface area (Å²) in [5, 5.41) is 4.68. The van der Waals surface area contributed by atoms with Crippen molar-refractivity contribution in [3.8, 4) is 11.3 Å². The van der Waals surface area contributed by atoms with Gasteiger partial charge in [-0.3, -0.25) is 0 Å².